The molecule has 3 aromatic rings. The van der Waals surface area contributed by atoms with Crippen LogP contribution >= 0.6 is 11.6 Å². The molecule has 1 aromatic heterocycles. The number of halogens is 1. The van der Waals surface area contributed by atoms with E-state index >= 15 is 0 Å². The predicted molar refractivity (Wildman–Crippen MR) is 121 cm³/mol. The number of anilines is 1. The van der Waals surface area contributed by atoms with Gasteiger partial charge in [0.2, 0.25) is 11.8 Å². The standard InChI is InChI=1S/C24H19ClN4O4/c25-16-5-8-18(9-6-16)33-21-10-7-17(13-26-21)27-20(30)14-29-22(31)24(28-23(29)32)12-11-15-3-1-2-4-19(15)24/h1-10,13H,11-12,14H2,(H,27,30)(H,28,32). The largest absolute Gasteiger partial charge is 0.439 e. The minimum absolute atomic E-state index is 0.339. The summed E-state index contributed by atoms with van der Waals surface area (Å²) in [6.45, 7) is -0.391. The van der Waals surface area contributed by atoms with E-state index < -0.39 is 29.9 Å². The minimum Gasteiger partial charge on any atom is -0.439 e. The van der Waals surface area contributed by atoms with Gasteiger partial charge in [0.05, 0.1) is 11.9 Å². The lowest BCUT2D eigenvalue weighted by atomic mass is 9.92. The van der Waals surface area contributed by atoms with Crippen molar-refractivity contribution in [2.45, 2.75) is 18.4 Å². The Labute approximate surface area is 194 Å². The molecule has 2 aromatic carbocycles. The van der Waals surface area contributed by atoms with Crippen LogP contribution in [0.5, 0.6) is 11.6 Å². The third kappa shape index (κ3) is 3.89. The van der Waals surface area contributed by atoms with Crippen molar-refractivity contribution in [3.63, 3.8) is 0 Å². The second-order valence-corrected chi connectivity index (χ2v) is 8.31. The van der Waals surface area contributed by atoms with Crippen LogP contribution < -0.4 is 15.4 Å². The van der Waals surface area contributed by atoms with Gasteiger partial charge in [-0.3, -0.25) is 14.5 Å². The van der Waals surface area contributed by atoms with Crippen LogP contribution in [-0.2, 0) is 21.5 Å². The molecule has 1 aliphatic heterocycles. The molecule has 0 bridgehead atoms. The summed E-state index contributed by atoms with van der Waals surface area (Å²) < 4.78 is 5.62. The second kappa shape index (κ2) is 8.22. The highest BCUT2D eigenvalue weighted by Crippen LogP contribution is 2.41. The minimum atomic E-state index is -1.09. The van der Waals surface area contributed by atoms with Gasteiger partial charge in [-0.2, -0.15) is 0 Å². The third-order valence-electron chi connectivity index (χ3n) is 5.78. The van der Waals surface area contributed by atoms with Crippen LogP contribution in [0, 0.1) is 0 Å². The van der Waals surface area contributed by atoms with Gasteiger partial charge in [0.1, 0.15) is 17.8 Å². The van der Waals surface area contributed by atoms with Crippen LogP contribution in [0.25, 0.3) is 0 Å². The van der Waals surface area contributed by atoms with Crippen molar-refractivity contribution in [1.29, 1.82) is 0 Å². The summed E-state index contributed by atoms with van der Waals surface area (Å²) in [6, 6.07) is 17.0. The maximum atomic E-state index is 13.2. The Balaban J connectivity index is 1.23. The topological polar surface area (TPSA) is 101 Å². The van der Waals surface area contributed by atoms with Crippen molar-refractivity contribution < 1.29 is 19.1 Å². The SMILES string of the molecule is O=C(CN1C(=O)NC2(CCc3ccccc32)C1=O)Nc1ccc(Oc2ccc(Cl)cc2)nc1. The van der Waals surface area contributed by atoms with E-state index in [1.54, 1.807) is 36.4 Å². The molecule has 1 aliphatic carbocycles. The fourth-order valence-corrected chi connectivity index (χ4v) is 4.34. The molecule has 1 spiro atoms. The number of nitrogens with zero attached hydrogens (tertiary/aromatic N) is 2. The molecule has 0 saturated carbocycles. The van der Waals surface area contributed by atoms with E-state index in [-0.39, 0.29) is 0 Å². The molecule has 33 heavy (non-hydrogen) atoms. The molecule has 2 heterocycles. The van der Waals surface area contributed by atoms with Gasteiger partial charge in [0.15, 0.2) is 0 Å². The number of ether oxygens (including phenoxy) is 1. The third-order valence-corrected chi connectivity index (χ3v) is 6.03. The molecule has 5 rings (SSSR count). The Morgan fingerprint density at radius 3 is 2.67 bits per heavy atom. The number of rotatable bonds is 5. The predicted octanol–water partition coefficient (Wildman–Crippen LogP) is 3.86. The average Bonchev–Trinajstić information content (AvgIpc) is 3.30. The lowest BCUT2D eigenvalue weighted by molar-refractivity contribution is -0.134. The van der Waals surface area contributed by atoms with E-state index in [2.05, 4.69) is 15.6 Å². The van der Waals surface area contributed by atoms with Crippen LogP contribution in [0.15, 0.2) is 66.9 Å². The zero-order valence-electron chi connectivity index (χ0n) is 17.4. The number of urea groups is 1. The number of pyridine rings is 1. The smallest absolute Gasteiger partial charge is 0.325 e. The molecule has 1 unspecified atom stereocenters. The fourth-order valence-electron chi connectivity index (χ4n) is 4.22. The zero-order valence-corrected chi connectivity index (χ0v) is 18.1. The molecule has 9 heteroatoms. The summed E-state index contributed by atoms with van der Waals surface area (Å²) in [5.74, 6) is 0.00311. The van der Waals surface area contributed by atoms with Crippen LogP contribution in [0.3, 0.4) is 0 Å². The summed E-state index contributed by atoms with van der Waals surface area (Å²) in [4.78, 5) is 43.4. The number of aryl methyl sites for hydroxylation is 1. The molecular weight excluding hydrogens is 444 g/mol. The van der Waals surface area contributed by atoms with E-state index in [1.807, 2.05) is 24.3 Å². The van der Waals surface area contributed by atoms with Gasteiger partial charge in [-0.25, -0.2) is 9.78 Å². The number of carbonyl (C=O) groups excluding carboxylic acids is 3. The molecule has 1 saturated heterocycles. The zero-order chi connectivity index (χ0) is 23.0. The van der Waals surface area contributed by atoms with E-state index in [0.717, 1.165) is 16.0 Å². The number of fused-ring (bicyclic) bond motifs is 2. The lowest BCUT2D eigenvalue weighted by Crippen LogP contribution is -2.43. The first kappa shape index (κ1) is 21.0. The monoisotopic (exact) mass is 462 g/mol. The van der Waals surface area contributed by atoms with Crippen molar-refractivity contribution in [1.82, 2.24) is 15.2 Å². The van der Waals surface area contributed by atoms with Gasteiger partial charge in [-0.1, -0.05) is 35.9 Å². The van der Waals surface area contributed by atoms with Gasteiger partial charge < -0.3 is 15.4 Å². The second-order valence-electron chi connectivity index (χ2n) is 7.87. The Morgan fingerprint density at radius 1 is 1.12 bits per heavy atom. The van der Waals surface area contributed by atoms with Crippen molar-refractivity contribution in [3.8, 4) is 11.6 Å². The van der Waals surface area contributed by atoms with Crippen molar-refractivity contribution >= 4 is 35.1 Å². The highest BCUT2D eigenvalue weighted by molar-refractivity contribution is 6.30. The summed E-state index contributed by atoms with van der Waals surface area (Å²) in [6.07, 6.45) is 2.61. The molecule has 4 amide bonds. The highest BCUT2D eigenvalue weighted by atomic mass is 35.5. The molecule has 0 radical (unpaired) electrons. The molecule has 166 valence electrons. The van der Waals surface area contributed by atoms with Crippen molar-refractivity contribution in [2.75, 3.05) is 11.9 Å². The van der Waals surface area contributed by atoms with Crippen LogP contribution in [0.1, 0.15) is 17.5 Å². The first-order valence-corrected chi connectivity index (χ1v) is 10.7. The number of amides is 4. The molecular formula is C24H19ClN4O4. The molecule has 2 N–H and O–H groups in total. The Hall–Kier alpha value is -3.91. The molecule has 2 aliphatic rings. The summed E-state index contributed by atoms with van der Waals surface area (Å²) in [5.41, 5.74) is 1.16. The Morgan fingerprint density at radius 2 is 1.91 bits per heavy atom. The highest BCUT2D eigenvalue weighted by Gasteiger charge is 2.55. The van der Waals surface area contributed by atoms with E-state index in [0.29, 0.717) is 35.2 Å². The number of aromatic nitrogens is 1. The fraction of sp³-hybridized carbons (Fsp3) is 0.167. The van der Waals surface area contributed by atoms with Crippen LogP contribution in [-0.4, -0.2) is 34.3 Å². The maximum Gasteiger partial charge on any atom is 0.325 e. The summed E-state index contributed by atoms with van der Waals surface area (Å²) in [5, 5.41) is 6.07. The molecule has 8 nitrogen and oxygen atoms in total. The van der Waals surface area contributed by atoms with E-state index in [4.69, 9.17) is 16.3 Å². The lowest BCUT2D eigenvalue weighted by Gasteiger charge is -2.22. The van der Waals surface area contributed by atoms with Gasteiger partial charge >= 0.3 is 6.03 Å². The first-order valence-electron chi connectivity index (χ1n) is 10.4. The van der Waals surface area contributed by atoms with Gasteiger partial charge in [0.25, 0.3) is 5.91 Å². The number of benzene rings is 2. The average molecular weight is 463 g/mol. The first-order chi connectivity index (χ1) is 15.9. The van der Waals surface area contributed by atoms with Gasteiger partial charge in [0, 0.05) is 11.1 Å². The Kier molecular flexibility index (Phi) is 5.22. The van der Waals surface area contributed by atoms with E-state index in [9.17, 15) is 14.4 Å². The summed E-state index contributed by atoms with van der Waals surface area (Å²) in [7, 11) is 0. The number of imide groups is 1. The Bertz CT molecular complexity index is 1250. The van der Waals surface area contributed by atoms with Crippen LogP contribution in [0.4, 0.5) is 10.5 Å². The normalized spacial score (nSPS) is 18.9. The van der Waals surface area contributed by atoms with Crippen molar-refractivity contribution in [2.24, 2.45) is 0 Å². The van der Waals surface area contributed by atoms with E-state index in [1.165, 1.54) is 6.20 Å². The molecule has 1 atom stereocenters. The quantitative estimate of drug-likeness (QED) is 0.561. The number of hydrogen-bond acceptors (Lipinski definition) is 5. The van der Waals surface area contributed by atoms with Gasteiger partial charge in [-0.15, -0.1) is 0 Å². The number of hydrogen-bond donors (Lipinski definition) is 2. The molecule has 1 fully saturated rings. The van der Waals surface area contributed by atoms with Crippen LogP contribution in [0.2, 0.25) is 5.02 Å². The van der Waals surface area contributed by atoms with Gasteiger partial charge in [-0.05, 0) is 54.3 Å². The summed E-state index contributed by atoms with van der Waals surface area (Å²) >= 11 is 5.86. The number of nitrogens with one attached hydrogen (secondary N) is 2. The maximum absolute atomic E-state index is 13.2. The van der Waals surface area contributed by atoms with Crippen molar-refractivity contribution in [3.05, 3.63) is 83.0 Å². The number of carbonyl (C=O) groups is 3.